The minimum absolute atomic E-state index is 0.0110. The van der Waals surface area contributed by atoms with Crippen LogP contribution in [0.2, 0.25) is 0 Å². The zero-order chi connectivity index (χ0) is 57.7. The lowest BCUT2D eigenvalue weighted by molar-refractivity contribution is -0.362. The number of primary amides is 2. The fourth-order valence-corrected chi connectivity index (χ4v) is 16.8. The maximum atomic E-state index is 15.2. The quantitative estimate of drug-likeness (QED) is 0.140. The summed E-state index contributed by atoms with van der Waals surface area (Å²) in [5, 5.41) is 34.9. The standard InChI is InChI=1S/C32H40F5NO5.C27H28F5NO3/c1-26(2)16-42-29(43-17-26)12-9-23-24-20(8-11-28(23,40)15-29)22-10-13-30(41,31(33,34)32(35,36)37)27(22,3)14-21(24)18-4-6-19(7-5-18)25(38)39;1-24-13-20(14-2-4-15(5-3-14)23(33)35)22-18-9-7-17(34)12-16(18)6-8-19(22)21(24)10-11-25(24,36)26(28,29)27(30,31)32/h4-7,20-22,40-41H,8-17H2,1-3H3,(H2,38,39);2-5,12,19-21,36H,6-11,13H2,1H3,(H2,33,35)/t20?,21-,22?,27+,28-,30+;19?,20-,21?,24+,25+/m11/s1. The van der Waals surface area contributed by atoms with Crippen molar-refractivity contribution in [3.8, 4) is 0 Å². The predicted octanol–water partition coefficient (Wildman–Crippen LogP) is 11.6. The molecule has 1 spiro atoms. The van der Waals surface area contributed by atoms with Gasteiger partial charge in [-0.05, 0) is 159 Å². The monoisotopic (exact) mass is 1120 g/mol. The summed E-state index contributed by atoms with van der Waals surface area (Å²) < 4.78 is 155. The first-order valence-corrected chi connectivity index (χ1v) is 27.3. The molecule has 7 N–H and O–H groups in total. The molecule has 1 heterocycles. The van der Waals surface area contributed by atoms with Crippen LogP contribution in [-0.4, -0.2) is 92.9 Å². The molecular weight excluding hydrogens is 1050 g/mol. The van der Waals surface area contributed by atoms with E-state index in [0.29, 0.717) is 69.3 Å². The zero-order valence-corrected chi connectivity index (χ0v) is 44.5. The molecule has 1 aliphatic heterocycles. The van der Waals surface area contributed by atoms with Crippen molar-refractivity contribution < 1.29 is 83.1 Å². The van der Waals surface area contributed by atoms with E-state index in [4.69, 9.17) is 20.9 Å². The largest absolute Gasteiger partial charge is 0.456 e. The molecular formula is C59H68F10N2O8. The van der Waals surface area contributed by atoms with E-state index in [1.165, 1.54) is 38.1 Å². The van der Waals surface area contributed by atoms with Gasteiger partial charge < -0.3 is 36.3 Å². The van der Waals surface area contributed by atoms with Gasteiger partial charge in [-0.15, -0.1) is 0 Å². The number of hydrogen-bond donors (Lipinski definition) is 5. The van der Waals surface area contributed by atoms with Gasteiger partial charge in [0.2, 0.25) is 11.8 Å². The number of alkyl halides is 10. The molecule has 0 bridgehead atoms. The number of ether oxygens (including phenoxy) is 2. The Hall–Kier alpha value is -4.63. The Morgan fingerprint density at radius 2 is 1.04 bits per heavy atom. The number of allylic oxidation sites excluding steroid dienone is 5. The van der Waals surface area contributed by atoms with Gasteiger partial charge in [-0.25, -0.2) is 0 Å². The summed E-state index contributed by atoms with van der Waals surface area (Å²) >= 11 is 0. The van der Waals surface area contributed by atoms with Crippen LogP contribution in [0.4, 0.5) is 43.9 Å². The number of amides is 2. The molecule has 0 radical (unpaired) electrons. The van der Waals surface area contributed by atoms with Crippen LogP contribution in [0, 0.1) is 39.9 Å². The smallest absolute Gasteiger partial charge is 0.385 e. The summed E-state index contributed by atoms with van der Waals surface area (Å²) in [6.07, 6.45) is -8.09. The third-order valence-electron chi connectivity index (χ3n) is 20.9. The molecule has 8 aliphatic carbocycles. The van der Waals surface area contributed by atoms with E-state index in [1.54, 1.807) is 30.3 Å². The van der Waals surface area contributed by atoms with Gasteiger partial charge in [0.1, 0.15) is 11.2 Å². The second kappa shape index (κ2) is 18.7. The first-order chi connectivity index (χ1) is 36.5. The molecule has 2 amide bonds. The number of rotatable bonds is 6. The van der Waals surface area contributed by atoms with Crippen molar-refractivity contribution in [2.75, 3.05) is 13.2 Å². The number of aliphatic hydroxyl groups is 3. The van der Waals surface area contributed by atoms with Crippen LogP contribution in [0.5, 0.6) is 0 Å². The lowest BCUT2D eigenvalue weighted by atomic mass is 9.49. The molecule has 2 aromatic carbocycles. The second-order valence-electron chi connectivity index (χ2n) is 25.6. The number of benzene rings is 2. The molecule has 4 unspecified atom stereocenters. The van der Waals surface area contributed by atoms with E-state index in [0.717, 1.165) is 27.9 Å². The van der Waals surface area contributed by atoms with E-state index < -0.39 is 112 Å². The fourth-order valence-electron chi connectivity index (χ4n) is 16.8. The average Bonchev–Trinajstić information content (AvgIpc) is 3.13. The normalized spacial score (nSPS) is 36.9. The number of carbonyl (C=O) groups excluding carboxylic acids is 3. The van der Waals surface area contributed by atoms with Crippen LogP contribution >= 0.6 is 0 Å². The Morgan fingerprint density at radius 1 is 0.582 bits per heavy atom. The molecule has 11 rings (SSSR count). The van der Waals surface area contributed by atoms with E-state index in [1.807, 2.05) is 13.8 Å². The number of hydrogen-bond acceptors (Lipinski definition) is 8. The predicted molar refractivity (Wildman–Crippen MR) is 267 cm³/mol. The molecule has 1 saturated heterocycles. The van der Waals surface area contributed by atoms with Crippen LogP contribution in [0.3, 0.4) is 0 Å². The van der Waals surface area contributed by atoms with Gasteiger partial charge >= 0.3 is 24.2 Å². The maximum absolute atomic E-state index is 15.2. The summed E-state index contributed by atoms with van der Waals surface area (Å²) in [7, 11) is 0. The molecule has 79 heavy (non-hydrogen) atoms. The minimum Gasteiger partial charge on any atom is -0.385 e. The molecule has 20 heteroatoms. The fraction of sp³-hybridized carbons (Fsp3) is 0.644. The first-order valence-electron chi connectivity index (χ1n) is 27.3. The van der Waals surface area contributed by atoms with Crippen molar-refractivity contribution in [3.63, 3.8) is 0 Å². The second-order valence-corrected chi connectivity index (χ2v) is 25.6. The highest BCUT2D eigenvalue weighted by Crippen LogP contribution is 2.73. The Labute approximate surface area is 451 Å². The third-order valence-corrected chi connectivity index (χ3v) is 20.9. The summed E-state index contributed by atoms with van der Waals surface area (Å²) in [6, 6.07) is 12.6. The Morgan fingerprint density at radius 3 is 1.49 bits per heavy atom. The number of ketones is 1. The molecule has 432 valence electrons. The van der Waals surface area contributed by atoms with Crippen LogP contribution in [0.15, 0.2) is 82.5 Å². The molecule has 10 nitrogen and oxygen atoms in total. The Bertz CT molecular complexity index is 2910. The van der Waals surface area contributed by atoms with Crippen LogP contribution in [0.1, 0.15) is 168 Å². The van der Waals surface area contributed by atoms with E-state index in [9.17, 15) is 64.8 Å². The Kier molecular flexibility index (Phi) is 13.6. The topological polar surface area (TPSA) is 182 Å². The molecule has 5 saturated carbocycles. The van der Waals surface area contributed by atoms with Gasteiger partial charge in [-0.2, -0.15) is 43.9 Å². The van der Waals surface area contributed by atoms with E-state index in [-0.39, 0.29) is 66.8 Å². The molecule has 0 aromatic heterocycles. The Balaban J connectivity index is 0.000000181. The van der Waals surface area contributed by atoms with E-state index in [2.05, 4.69) is 0 Å². The van der Waals surface area contributed by atoms with Crippen molar-refractivity contribution in [3.05, 3.63) is 105 Å². The van der Waals surface area contributed by atoms with Crippen molar-refractivity contribution in [2.45, 2.75) is 183 Å². The van der Waals surface area contributed by atoms with Crippen molar-refractivity contribution in [1.82, 2.24) is 0 Å². The first kappa shape index (κ1) is 57.6. The van der Waals surface area contributed by atoms with Gasteiger partial charge in [0, 0.05) is 58.5 Å². The van der Waals surface area contributed by atoms with Gasteiger partial charge in [0.25, 0.3) is 0 Å². The maximum Gasteiger partial charge on any atom is 0.456 e. The molecule has 2 aromatic rings. The summed E-state index contributed by atoms with van der Waals surface area (Å²) in [6.45, 7) is 7.77. The highest BCUT2D eigenvalue weighted by atomic mass is 19.4. The lowest BCUT2D eigenvalue weighted by Crippen LogP contribution is -2.65. The summed E-state index contributed by atoms with van der Waals surface area (Å²) in [4.78, 5) is 35.4. The third kappa shape index (κ3) is 8.69. The van der Waals surface area contributed by atoms with Gasteiger partial charge in [0.15, 0.2) is 11.6 Å². The van der Waals surface area contributed by atoms with Crippen molar-refractivity contribution in [2.24, 2.45) is 51.4 Å². The molecule has 9 aliphatic rings. The minimum atomic E-state index is -5.92. The van der Waals surface area contributed by atoms with Crippen LogP contribution in [-0.2, 0) is 14.3 Å². The summed E-state index contributed by atoms with van der Waals surface area (Å²) in [5.41, 5.74) is 5.55. The van der Waals surface area contributed by atoms with Crippen molar-refractivity contribution in [1.29, 1.82) is 0 Å². The van der Waals surface area contributed by atoms with Crippen LogP contribution < -0.4 is 11.5 Å². The highest BCUT2D eigenvalue weighted by molar-refractivity contribution is 5.94. The van der Waals surface area contributed by atoms with E-state index >= 15 is 8.78 Å². The number of carbonyl (C=O) groups is 3. The van der Waals surface area contributed by atoms with Crippen molar-refractivity contribution >= 4 is 17.6 Å². The van der Waals surface area contributed by atoms with Gasteiger partial charge in [-0.3, -0.25) is 14.4 Å². The average molecular weight is 1120 g/mol. The highest BCUT2D eigenvalue weighted by Gasteiger charge is 2.81. The zero-order valence-electron chi connectivity index (χ0n) is 44.5. The lowest BCUT2D eigenvalue weighted by Gasteiger charge is -2.59. The SMILES string of the molecule is CC1(C)COC2(CCC3=C4C(CC[C@@]3(O)C2)C2CC[C@@](O)(C(F)(F)C(F)(F)F)[C@@]2(C)C[C@@H]4c2ccc(C(N)=O)cc2)OC1.C[C@]12C[C@H](c3ccc(C(N)=O)cc3)C3=C4CCC(=O)C=C4CCC3C1CC[C@@]2(O)C(F)(F)C(F)(F)F. The number of halogens is 10. The van der Waals surface area contributed by atoms with Crippen LogP contribution in [0.25, 0.3) is 0 Å². The number of nitrogens with two attached hydrogens (primary N) is 2. The van der Waals surface area contributed by atoms with Gasteiger partial charge in [-0.1, -0.05) is 63.1 Å². The van der Waals surface area contributed by atoms with Gasteiger partial charge in [0.05, 0.1) is 18.8 Å². The summed E-state index contributed by atoms with van der Waals surface area (Å²) in [5.74, 6) is -15.9. The molecule has 6 fully saturated rings. The molecule has 11 atom stereocenters. The number of fused-ring (bicyclic) bond motifs is 8.